The lowest BCUT2D eigenvalue weighted by atomic mass is 10.2. The monoisotopic (exact) mass is 342 g/mol. The number of anilines is 2. The van der Waals surface area contributed by atoms with Crippen molar-refractivity contribution in [3.05, 3.63) is 45.1 Å². The van der Waals surface area contributed by atoms with Crippen LogP contribution in [-0.4, -0.2) is 22.0 Å². The molecule has 0 unspecified atom stereocenters. The fourth-order valence-corrected chi connectivity index (χ4v) is 4.30. The van der Waals surface area contributed by atoms with Crippen molar-refractivity contribution in [2.75, 3.05) is 12.4 Å². The summed E-state index contributed by atoms with van der Waals surface area (Å²) in [6, 6.07) is 4.78. The minimum absolute atomic E-state index is 0.0802. The van der Waals surface area contributed by atoms with E-state index in [1.807, 2.05) is 0 Å². The minimum atomic E-state index is -0.456. The molecule has 1 aliphatic carbocycles. The fourth-order valence-electron chi connectivity index (χ4n) is 3.07. The summed E-state index contributed by atoms with van der Waals surface area (Å²) in [7, 11) is 1.41. The Morgan fingerprint density at radius 1 is 1.33 bits per heavy atom. The molecule has 0 atom stereocenters. The molecular weight excluding hydrogens is 328 g/mol. The van der Waals surface area contributed by atoms with E-state index in [0.29, 0.717) is 11.5 Å². The lowest BCUT2D eigenvalue weighted by Gasteiger charge is -2.09. The number of rotatable bonds is 4. The number of nitro groups is 1. The summed E-state index contributed by atoms with van der Waals surface area (Å²) in [6.07, 6.45) is 4.79. The molecule has 0 amide bonds. The lowest BCUT2D eigenvalue weighted by molar-refractivity contribution is -0.385. The highest BCUT2D eigenvalue weighted by Gasteiger charge is 2.22. The maximum absolute atomic E-state index is 11.2. The number of hydrogen-bond acceptors (Lipinski definition) is 7. The molecule has 122 valence electrons. The third-order valence-corrected chi connectivity index (χ3v) is 5.34. The maximum Gasteiger partial charge on any atom is 0.312 e. The molecule has 1 N–H and O–H groups in total. The van der Waals surface area contributed by atoms with Gasteiger partial charge in [0.1, 0.15) is 17.0 Å². The molecule has 1 aromatic carbocycles. The molecule has 0 aliphatic heterocycles. The van der Waals surface area contributed by atoms with E-state index in [4.69, 9.17) is 4.74 Å². The molecule has 1 aliphatic rings. The first-order valence-electron chi connectivity index (χ1n) is 7.52. The summed E-state index contributed by atoms with van der Waals surface area (Å²) < 4.78 is 5.04. The van der Waals surface area contributed by atoms with Gasteiger partial charge in [-0.2, -0.15) is 0 Å². The van der Waals surface area contributed by atoms with E-state index in [1.165, 1.54) is 29.9 Å². The van der Waals surface area contributed by atoms with Crippen LogP contribution in [0.25, 0.3) is 10.2 Å². The average Bonchev–Trinajstić information content (AvgIpc) is 3.15. The van der Waals surface area contributed by atoms with Crippen molar-refractivity contribution < 1.29 is 9.66 Å². The van der Waals surface area contributed by atoms with Gasteiger partial charge in [0, 0.05) is 16.6 Å². The van der Waals surface area contributed by atoms with E-state index in [0.717, 1.165) is 29.5 Å². The second-order valence-corrected chi connectivity index (χ2v) is 6.61. The summed E-state index contributed by atoms with van der Waals surface area (Å²) >= 11 is 1.71. The number of hydrogen-bond donors (Lipinski definition) is 1. The molecule has 2 aromatic heterocycles. The van der Waals surface area contributed by atoms with Crippen molar-refractivity contribution in [2.24, 2.45) is 0 Å². The Morgan fingerprint density at radius 2 is 2.21 bits per heavy atom. The van der Waals surface area contributed by atoms with Crippen molar-refractivity contribution >= 4 is 38.7 Å². The predicted molar refractivity (Wildman–Crippen MR) is 92.4 cm³/mol. The van der Waals surface area contributed by atoms with Crippen molar-refractivity contribution in [2.45, 2.75) is 19.3 Å². The van der Waals surface area contributed by atoms with Gasteiger partial charge in [0.2, 0.25) is 0 Å². The van der Waals surface area contributed by atoms with Crippen LogP contribution < -0.4 is 10.1 Å². The summed E-state index contributed by atoms with van der Waals surface area (Å²) in [6.45, 7) is 0. The van der Waals surface area contributed by atoms with Gasteiger partial charge in [0.05, 0.1) is 17.4 Å². The Kier molecular flexibility index (Phi) is 3.53. The van der Waals surface area contributed by atoms with Gasteiger partial charge in [-0.05, 0) is 37.0 Å². The van der Waals surface area contributed by atoms with Crippen LogP contribution in [0.1, 0.15) is 16.9 Å². The van der Waals surface area contributed by atoms with Crippen LogP contribution in [0.3, 0.4) is 0 Å². The first-order chi connectivity index (χ1) is 11.7. The fraction of sp³-hybridized carbons (Fsp3) is 0.250. The van der Waals surface area contributed by atoms with Gasteiger partial charge >= 0.3 is 5.69 Å². The number of aromatic nitrogens is 2. The lowest BCUT2D eigenvalue weighted by Crippen LogP contribution is -1.99. The van der Waals surface area contributed by atoms with Crippen molar-refractivity contribution in [1.82, 2.24) is 9.97 Å². The Balaban J connectivity index is 1.77. The zero-order valence-electron chi connectivity index (χ0n) is 12.9. The van der Waals surface area contributed by atoms with Gasteiger partial charge in [-0.15, -0.1) is 11.3 Å². The number of ether oxygens (including phenoxy) is 1. The molecule has 4 rings (SSSR count). The summed E-state index contributed by atoms with van der Waals surface area (Å²) in [5, 5.41) is 15.4. The van der Waals surface area contributed by atoms with Gasteiger partial charge < -0.3 is 10.1 Å². The number of fused-ring (bicyclic) bond motifs is 3. The Bertz CT molecular complexity index is 954. The number of nitrogens with one attached hydrogen (secondary N) is 1. The second-order valence-electron chi connectivity index (χ2n) is 5.53. The largest absolute Gasteiger partial charge is 0.490 e. The number of nitrogens with zero attached hydrogens (tertiary/aromatic N) is 3. The number of methoxy groups -OCH3 is 1. The molecule has 8 heteroatoms. The highest BCUT2D eigenvalue weighted by Crippen LogP contribution is 2.40. The van der Waals surface area contributed by atoms with Crippen molar-refractivity contribution in [3.8, 4) is 5.75 Å². The van der Waals surface area contributed by atoms with Gasteiger partial charge in [-0.25, -0.2) is 9.97 Å². The highest BCUT2D eigenvalue weighted by atomic mass is 32.1. The molecule has 0 saturated carbocycles. The van der Waals surface area contributed by atoms with E-state index in [9.17, 15) is 10.1 Å². The molecule has 0 bridgehead atoms. The predicted octanol–water partition coefficient (Wildman–Crippen LogP) is 3.84. The Hall–Kier alpha value is -2.74. The van der Waals surface area contributed by atoms with Crippen LogP contribution >= 0.6 is 11.3 Å². The zero-order valence-corrected chi connectivity index (χ0v) is 13.7. The maximum atomic E-state index is 11.2. The molecule has 3 aromatic rings. The van der Waals surface area contributed by atoms with E-state index in [1.54, 1.807) is 23.5 Å². The molecule has 7 nitrogen and oxygen atoms in total. The van der Waals surface area contributed by atoms with Crippen LogP contribution in [0.5, 0.6) is 5.75 Å². The zero-order chi connectivity index (χ0) is 16.7. The standard InChI is InChI=1S/C16H14N4O3S/c1-23-12-6-5-9(7-11(12)20(21)22)19-15-14-10-3-2-4-13(10)24-16(14)18-8-17-15/h5-8H,2-4H2,1H3,(H,17,18,19). The van der Waals surface area contributed by atoms with Crippen LogP contribution in [0.2, 0.25) is 0 Å². The van der Waals surface area contributed by atoms with E-state index >= 15 is 0 Å². The third-order valence-electron chi connectivity index (χ3n) is 4.14. The number of benzene rings is 1. The molecule has 0 saturated heterocycles. The van der Waals surface area contributed by atoms with Crippen LogP contribution in [0.15, 0.2) is 24.5 Å². The summed E-state index contributed by atoms with van der Waals surface area (Å²) in [5.41, 5.74) is 1.82. The molecule has 0 spiro atoms. The van der Waals surface area contributed by atoms with Gasteiger partial charge in [0.15, 0.2) is 5.75 Å². The van der Waals surface area contributed by atoms with Gasteiger partial charge in [0.25, 0.3) is 0 Å². The third kappa shape index (κ3) is 2.35. The first kappa shape index (κ1) is 14.8. The van der Waals surface area contributed by atoms with Crippen molar-refractivity contribution in [1.29, 1.82) is 0 Å². The van der Waals surface area contributed by atoms with E-state index < -0.39 is 4.92 Å². The van der Waals surface area contributed by atoms with Gasteiger partial charge in [-0.3, -0.25) is 10.1 Å². The normalized spacial score (nSPS) is 13.0. The first-order valence-corrected chi connectivity index (χ1v) is 8.33. The summed E-state index contributed by atoms with van der Waals surface area (Å²) in [5.74, 6) is 0.925. The van der Waals surface area contributed by atoms with Crippen LogP contribution in [0.4, 0.5) is 17.2 Å². The Morgan fingerprint density at radius 3 is 3.00 bits per heavy atom. The molecule has 0 fully saturated rings. The van der Waals surface area contributed by atoms with Crippen LogP contribution in [-0.2, 0) is 12.8 Å². The number of nitro benzene ring substituents is 1. The Labute approximate surface area is 141 Å². The molecule has 24 heavy (non-hydrogen) atoms. The molecule has 2 heterocycles. The molecule has 0 radical (unpaired) electrons. The van der Waals surface area contributed by atoms with E-state index in [-0.39, 0.29) is 11.4 Å². The van der Waals surface area contributed by atoms with Crippen molar-refractivity contribution in [3.63, 3.8) is 0 Å². The average molecular weight is 342 g/mol. The van der Waals surface area contributed by atoms with Gasteiger partial charge in [-0.1, -0.05) is 0 Å². The second kappa shape index (κ2) is 5.72. The number of aryl methyl sites for hydroxylation is 2. The number of thiophene rings is 1. The quantitative estimate of drug-likeness (QED) is 0.572. The SMILES string of the molecule is COc1ccc(Nc2ncnc3sc4c(c23)CCC4)cc1[N+](=O)[O-]. The van der Waals surface area contributed by atoms with E-state index in [2.05, 4.69) is 15.3 Å². The molecular formula is C16H14N4O3S. The smallest absolute Gasteiger partial charge is 0.312 e. The summed E-state index contributed by atoms with van der Waals surface area (Å²) in [4.78, 5) is 21.8. The van der Waals surface area contributed by atoms with Crippen LogP contribution in [0, 0.1) is 10.1 Å². The minimum Gasteiger partial charge on any atom is -0.490 e. The topological polar surface area (TPSA) is 90.2 Å². The highest BCUT2D eigenvalue weighted by molar-refractivity contribution is 7.19.